The van der Waals surface area contributed by atoms with E-state index in [1.807, 2.05) is 0 Å². The molecular weight excluding hydrogens is 294 g/mol. The lowest BCUT2D eigenvalue weighted by Gasteiger charge is -2.13. The number of aromatic nitrogens is 3. The molecule has 21 heavy (non-hydrogen) atoms. The van der Waals surface area contributed by atoms with E-state index < -0.39 is 16.5 Å². The van der Waals surface area contributed by atoms with Crippen molar-refractivity contribution in [1.29, 1.82) is 0 Å². The van der Waals surface area contributed by atoms with Gasteiger partial charge < -0.3 is 4.74 Å². The summed E-state index contributed by atoms with van der Waals surface area (Å²) in [4.78, 5) is 36.6. The van der Waals surface area contributed by atoms with Crippen LogP contribution in [0.5, 0.6) is 0 Å². The quantitative estimate of drug-likeness (QED) is 0.406. The summed E-state index contributed by atoms with van der Waals surface area (Å²) in [6, 6.07) is 0. The zero-order valence-electron chi connectivity index (χ0n) is 12.3. The molecule has 1 heterocycles. The number of aromatic amines is 2. The summed E-state index contributed by atoms with van der Waals surface area (Å²) in [7, 11) is 0. The summed E-state index contributed by atoms with van der Waals surface area (Å²) in [6.07, 6.45) is 4.74. The third-order valence-corrected chi connectivity index (χ3v) is 4.02. The van der Waals surface area contributed by atoms with Gasteiger partial charge in [0.1, 0.15) is 5.25 Å². The van der Waals surface area contributed by atoms with Crippen LogP contribution in [0.25, 0.3) is 0 Å². The number of thioether (sulfide) groups is 1. The normalized spacial score (nSPS) is 12.1. The molecule has 1 atom stereocenters. The Morgan fingerprint density at radius 2 is 2.05 bits per heavy atom. The van der Waals surface area contributed by atoms with Gasteiger partial charge in [-0.3, -0.25) is 14.6 Å². The van der Waals surface area contributed by atoms with E-state index in [2.05, 4.69) is 22.1 Å². The molecule has 0 aliphatic heterocycles. The number of carbonyl (C=O) groups excluding carboxylic acids is 1. The zero-order chi connectivity index (χ0) is 15.7. The number of ether oxygens (including phenoxy) is 1. The molecular formula is C13H21N3O4S. The van der Waals surface area contributed by atoms with Crippen LogP contribution in [0.15, 0.2) is 14.6 Å². The Kier molecular flexibility index (Phi) is 7.81. The van der Waals surface area contributed by atoms with Crippen molar-refractivity contribution >= 4 is 17.7 Å². The maximum absolute atomic E-state index is 11.9. The Balaban J connectivity index is 2.73. The first-order chi connectivity index (χ1) is 10.1. The molecule has 0 bridgehead atoms. The Bertz CT molecular complexity index is 555. The van der Waals surface area contributed by atoms with E-state index in [1.54, 1.807) is 6.92 Å². The average Bonchev–Trinajstić information content (AvgIpc) is 2.44. The molecule has 0 aliphatic rings. The molecule has 0 saturated heterocycles. The number of unbranched alkanes of at least 4 members (excludes halogenated alkanes) is 3. The van der Waals surface area contributed by atoms with E-state index in [9.17, 15) is 14.4 Å². The van der Waals surface area contributed by atoms with Gasteiger partial charge in [0.2, 0.25) is 0 Å². The van der Waals surface area contributed by atoms with Crippen LogP contribution in [-0.4, -0.2) is 33.0 Å². The minimum Gasteiger partial charge on any atom is -0.465 e. The number of nitrogens with one attached hydrogen (secondary N) is 2. The van der Waals surface area contributed by atoms with Crippen molar-refractivity contribution in [1.82, 2.24) is 15.2 Å². The summed E-state index contributed by atoms with van der Waals surface area (Å²) in [5.41, 5.74) is -1.26. The molecule has 8 heteroatoms. The Labute approximate surface area is 126 Å². The molecule has 7 nitrogen and oxygen atoms in total. The maximum atomic E-state index is 11.9. The second kappa shape index (κ2) is 9.38. The molecule has 0 fully saturated rings. The fourth-order valence-electron chi connectivity index (χ4n) is 1.77. The van der Waals surface area contributed by atoms with Gasteiger partial charge >= 0.3 is 11.7 Å². The van der Waals surface area contributed by atoms with Crippen molar-refractivity contribution in [3.05, 3.63) is 20.8 Å². The molecule has 1 aromatic rings. The van der Waals surface area contributed by atoms with Crippen LogP contribution in [0.3, 0.4) is 0 Å². The van der Waals surface area contributed by atoms with Crippen molar-refractivity contribution < 1.29 is 9.53 Å². The smallest absolute Gasteiger partial charge is 0.342 e. The second-order valence-corrected chi connectivity index (χ2v) is 5.71. The number of carbonyl (C=O) groups is 1. The predicted molar refractivity (Wildman–Crippen MR) is 80.5 cm³/mol. The summed E-state index contributed by atoms with van der Waals surface area (Å²) >= 11 is 1.03. The first-order valence-electron chi connectivity index (χ1n) is 7.10. The molecule has 0 saturated carbocycles. The van der Waals surface area contributed by atoms with Crippen LogP contribution in [0.2, 0.25) is 0 Å². The number of rotatable bonds is 9. The van der Waals surface area contributed by atoms with Gasteiger partial charge in [-0.2, -0.15) is 5.10 Å². The maximum Gasteiger partial charge on any atom is 0.342 e. The number of nitrogens with zero attached hydrogens (tertiary/aromatic N) is 1. The van der Waals surface area contributed by atoms with Crippen molar-refractivity contribution in [3.8, 4) is 0 Å². The van der Waals surface area contributed by atoms with E-state index in [0.29, 0.717) is 13.0 Å². The molecule has 1 aromatic heterocycles. The minimum absolute atomic E-state index is 0.0724. The molecule has 118 valence electrons. The van der Waals surface area contributed by atoms with Gasteiger partial charge in [0.05, 0.1) is 6.61 Å². The summed E-state index contributed by atoms with van der Waals surface area (Å²) in [5, 5.41) is 5.43. The second-order valence-electron chi connectivity index (χ2n) is 4.52. The molecule has 0 spiro atoms. The van der Waals surface area contributed by atoms with E-state index in [0.717, 1.165) is 37.4 Å². The van der Waals surface area contributed by atoms with Gasteiger partial charge in [-0.1, -0.05) is 44.4 Å². The summed E-state index contributed by atoms with van der Waals surface area (Å²) in [6.45, 7) is 4.14. The lowest BCUT2D eigenvalue weighted by Crippen LogP contribution is -2.28. The first kappa shape index (κ1) is 17.5. The van der Waals surface area contributed by atoms with Gasteiger partial charge in [-0.25, -0.2) is 9.89 Å². The van der Waals surface area contributed by atoms with Crippen LogP contribution < -0.4 is 11.2 Å². The fourth-order valence-corrected chi connectivity index (χ4v) is 2.74. The van der Waals surface area contributed by atoms with Crippen molar-refractivity contribution in [2.45, 2.75) is 56.2 Å². The van der Waals surface area contributed by atoms with Crippen LogP contribution >= 0.6 is 11.8 Å². The monoisotopic (exact) mass is 315 g/mol. The zero-order valence-corrected chi connectivity index (χ0v) is 13.1. The number of H-pyrrole nitrogens is 2. The van der Waals surface area contributed by atoms with Crippen molar-refractivity contribution in [3.63, 3.8) is 0 Å². The van der Waals surface area contributed by atoms with E-state index >= 15 is 0 Å². The highest BCUT2D eigenvalue weighted by Gasteiger charge is 2.23. The number of esters is 1. The fraction of sp³-hybridized carbons (Fsp3) is 0.692. The van der Waals surface area contributed by atoms with E-state index in [-0.39, 0.29) is 11.0 Å². The Hall–Kier alpha value is -1.57. The lowest BCUT2D eigenvalue weighted by molar-refractivity contribution is -0.142. The molecule has 0 amide bonds. The molecule has 0 unspecified atom stereocenters. The van der Waals surface area contributed by atoms with Gasteiger partial charge in [-0.05, 0) is 13.3 Å². The minimum atomic E-state index is -0.667. The van der Waals surface area contributed by atoms with Crippen LogP contribution in [0.4, 0.5) is 0 Å². The topological polar surface area (TPSA) is 105 Å². The van der Waals surface area contributed by atoms with Crippen LogP contribution in [-0.2, 0) is 9.53 Å². The Morgan fingerprint density at radius 3 is 2.67 bits per heavy atom. The SMILES string of the molecule is CCCCCC[C@@H](Sc1n[nH]c(=O)[nH]c1=O)C(=O)OCC. The van der Waals surface area contributed by atoms with Gasteiger partial charge in [-0.15, -0.1) is 0 Å². The summed E-state index contributed by atoms with van der Waals surface area (Å²) in [5.74, 6) is -0.355. The van der Waals surface area contributed by atoms with Crippen LogP contribution in [0.1, 0.15) is 46.0 Å². The number of hydrogen-bond acceptors (Lipinski definition) is 6. The van der Waals surface area contributed by atoms with Gasteiger partial charge in [0, 0.05) is 0 Å². The third-order valence-electron chi connectivity index (χ3n) is 2.80. The molecule has 0 aromatic carbocycles. The highest BCUT2D eigenvalue weighted by Crippen LogP contribution is 2.23. The van der Waals surface area contributed by atoms with Crippen LogP contribution in [0, 0.1) is 0 Å². The summed E-state index contributed by atoms with van der Waals surface area (Å²) < 4.78 is 5.03. The largest absolute Gasteiger partial charge is 0.465 e. The van der Waals surface area contributed by atoms with Gasteiger partial charge in [0.25, 0.3) is 5.56 Å². The Morgan fingerprint density at radius 1 is 1.29 bits per heavy atom. The molecule has 0 radical (unpaired) electrons. The first-order valence-corrected chi connectivity index (χ1v) is 7.98. The standard InChI is InChI=1S/C13H21N3O4S/c1-3-5-6-7-8-9(12(18)20-4-2)21-11-10(17)14-13(19)16-15-11/h9H,3-8H2,1-2H3,(H2,14,16,17,19)/t9-/m1/s1. The molecule has 2 N–H and O–H groups in total. The molecule has 1 rings (SSSR count). The predicted octanol–water partition coefficient (Wildman–Crippen LogP) is 1.45. The molecule has 0 aliphatic carbocycles. The van der Waals surface area contributed by atoms with Gasteiger partial charge in [0.15, 0.2) is 5.03 Å². The highest BCUT2D eigenvalue weighted by molar-refractivity contribution is 8.00. The van der Waals surface area contributed by atoms with Crippen molar-refractivity contribution in [2.75, 3.05) is 6.61 Å². The number of hydrogen-bond donors (Lipinski definition) is 2. The lowest BCUT2D eigenvalue weighted by atomic mass is 10.1. The van der Waals surface area contributed by atoms with E-state index in [4.69, 9.17) is 4.74 Å². The van der Waals surface area contributed by atoms with Crippen molar-refractivity contribution in [2.24, 2.45) is 0 Å². The average molecular weight is 315 g/mol. The highest BCUT2D eigenvalue weighted by atomic mass is 32.2. The third kappa shape index (κ3) is 6.16. The van der Waals surface area contributed by atoms with E-state index in [1.165, 1.54) is 0 Å².